The summed E-state index contributed by atoms with van der Waals surface area (Å²) in [5.41, 5.74) is 2.93. The zero-order valence-electron chi connectivity index (χ0n) is 14.2. The van der Waals surface area contributed by atoms with Crippen LogP contribution in [0.3, 0.4) is 0 Å². The van der Waals surface area contributed by atoms with Gasteiger partial charge in [0.05, 0.1) is 0 Å². The molecule has 0 heterocycles. The van der Waals surface area contributed by atoms with Gasteiger partial charge in [-0.1, -0.05) is 104 Å². The monoisotopic (exact) mass is 316 g/mol. The summed E-state index contributed by atoms with van der Waals surface area (Å²) < 4.78 is 6.63. The van der Waals surface area contributed by atoms with Crippen molar-refractivity contribution >= 4 is 0 Å². The average Bonchev–Trinajstić information content (AvgIpc) is 2.68. The molecule has 3 rings (SSSR count). The topological polar surface area (TPSA) is 9.23 Å². The van der Waals surface area contributed by atoms with E-state index in [9.17, 15) is 0 Å². The molecule has 0 saturated heterocycles. The number of ether oxygens (including phenoxy) is 1. The second-order valence-electron chi connectivity index (χ2n) is 5.98. The molecule has 0 unspecified atom stereocenters. The van der Waals surface area contributed by atoms with Crippen molar-refractivity contribution in [1.82, 2.24) is 0 Å². The molecule has 0 bridgehead atoms. The third-order valence-corrected chi connectivity index (χ3v) is 4.36. The Labute approximate surface area is 144 Å². The Morgan fingerprint density at radius 3 is 1.33 bits per heavy atom. The van der Waals surface area contributed by atoms with Crippen LogP contribution in [0.25, 0.3) is 0 Å². The van der Waals surface area contributed by atoms with Crippen LogP contribution in [-0.4, -0.2) is 6.61 Å². The zero-order valence-corrected chi connectivity index (χ0v) is 14.2. The number of hydrogen-bond donors (Lipinski definition) is 0. The highest BCUT2D eigenvalue weighted by Crippen LogP contribution is 2.40. The van der Waals surface area contributed by atoms with E-state index in [2.05, 4.69) is 97.9 Å². The zero-order chi connectivity index (χ0) is 16.7. The molecule has 0 N–H and O–H groups in total. The Morgan fingerprint density at radius 2 is 1.00 bits per heavy atom. The summed E-state index contributed by atoms with van der Waals surface area (Å²) in [6, 6.07) is 31.6. The lowest BCUT2D eigenvalue weighted by Crippen LogP contribution is -2.33. The number of hydrogen-bond acceptors (Lipinski definition) is 1. The quantitative estimate of drug-likeness (QED) is 0.395. The molecule has 0 aromatic heterocycles. The van der Waals surface area contributed by atoms with Crippen molar-refractivity contribution in [2.75, 3.05) is 6.61 Å². The predicted molar refractivity (Wildman–Crippen MR) is 100 cm³/mol. The lowest BCUT2D eigenvalue weighted by Gasteiger charge is -2.36. The van der Waals surface area contributed by atoms with E-state index in [1.165, 1.54) is 16.7 Å². The lowest BCUT2D eigenvalue weighted by molar-refractivity contribution is 0.0113. The van der Waals surface area contributed by atoms with E-state index in [-0.39, 0.29) is 0 Å². The van der Waals surface area contributed by atoms with E-state index in [0.717, 1.165) is 19.4 Å². The summed E-state index contributed by atoms with van der Waals surface area (Å²) in [6.45, 7) is 2.92. The van der Waals surface area contributed by atoms with Crippen LogP contribution < -0.4 is 0 Å². The minimum Gasteiger partial charge on any atom is -0.361 e. The Bertz CT molecular complexity index is 623. The van der Waals surface area contributed by atoms with Gasteiger partial charge in [0.2, 0.25) is 0 Å². The van der Waals surface area contributed by atoms with Gasteiger partial charge in [-0.05, 0) is 23.1 Å². The maximum absolute atomic E-state index is 6.63. The van der Waals surface area contributed by atoms with Crippen LogP contribution in [0.4, 0.5) is 0 Å². The Balaban J connectivity index is 2.20. The van der Waals surface area contributed by atoms with Gasteiger partial charge in [-0.3, -0.25) is 0 Å². The molecule has 0 amide bonds. The third kappa shape index (κ3) is 3.27. The first-order valence-electron chi connectivity index (χ1n) is 8.68. The largest absolute Gasteiger partial charge is 0.361 e. The van der Waals surface area contributed by atoms with Crippen molar-refractivity contribution in [1.29, 1.82) is 0 Å². The first-order valence-corrected chi connectivity index (χ1v) is 8.68. The fourth-order valence-corrected chi connectivity index (χ4v) is 3.14. The highest BCUT2D eigenvalue weighted by molar-refractivity contribution is 5.47. The van der Waals surface area contributed by atoms with Crippen molar-refractivity contribution in [3.05, 3.63) is 108 Å². The molecule has 0 aliphatic rings. The van der Waals surface area contributed by atoms with Crippen molar-refractivity contribution in [2.24, 2.45) is 0 Å². The van der Waals surface area contributed by atoms with E-state index in [1.807, 2.05) is 0 Å². The molecule has 3 aromatic rings. The van der Waals surface area contributed by atoms with Gasteiger partial charge < -0.3 is 4.74 Å². The van der Waals surface area contributed by atoms with Crippen molar-refractivity contribution in [3.8, 4) is 0 Å². The van der Waals surface area contributed by atoms with E-state index in [4.69, 9.17) is 4.74 Å². The molecule has 0 atom stereocenters. The van der Waals surface area contributed by atoms with Crippen LogP contribution in [0, 0.1) is 0 Å². The van der Waals surface area contributed by atoms with Crippen LogP contribution in [0.5, 0.6) is 0 Å². The normalized spacial score (nSPS) is 11.4. The van der Waals surface area contributed by atoms with Crippen molar-refractivity contribution in [3.63, 3.8) is 0 Å². The summed E-state index contributed by atoms with van der Waals surface area (Å²) in [5, 5.41) is 0. The average molecular weight is 316 g/mol. The molecule has 0 fully saturated rings. The highest BCUT2D eigenvalue weighted by Gasteiger charge is 2.37. The van der Waals surface area contributed by atoms with Crippen molar-refractivity contribution in [2.45, 2.75) is 25.4 Å². The van der Waals surface area contributed by atoms with Gasteiger partial charge in [0.15, 0.2) is 0 Å². The second-order valence-corrected chi connectivity index (χ2v) is 5.98. The molecule has 0 saturated carbocycles. The van der Waals surface area contributed by atoms with Crippen molar-refractivity contribution < 1.29 is 4.74 Å². The van der Waals surface area contributed by atoms with Gasteiger partial charge >= 0.3 is 0 Å². The molecule has 0 aliphatic carbocycles. The molecule has 1 heteroatoms. The van der Waals surface area contributed by atoms with E-state index < -0.39 is 5.60 Å². The second kappa shape index (κ2) is 7.94. The molecule has 0 radical (unpaired) electrons. The smallest absolute Gasteiger partial charge is 0.143 e. The van der Waals surface area contributed by atoms with E-state index in [1.54, 1.807) is 0 Å². The van der Waals surface area contributed by atoms with Gasteiger partial charge in [-0.25, -0.2) is 0 Å². The Hall–Kier alpha value is -2.38. The minimum atomic E-state index is -0.570. The van der Waals surface area contributed by atoms with Crippen LogP contribution >= 0.6 is 0 Å². The van der Waals surface area contributed by atoms with Crippen LogP contribution in [-0.2, 0) is 10.3 Å². The summed E-state index contributed by atoms with van der Waals surface area (Å²) in [6.07, 6.45) is 2.17. The first-order chi connectivity index (χ1) is 11.9. The Kier molecular flexibility index (Phi) is 5.45. The highest BCUT2D eigenvalue weighted by atomic mass is 16.5. The van der Waals surface area contributed by atoms with Crippen LogP contribution in [0.15, 0.2) is 91.0 Å². The number of unbranched alkanes of at least 4 members (excludes halogenated alkanes) is 1. The molecular weight excluding hydrogens is 292 g/mol. The molecule has 1 nitrogen and oxygen atoms in total. The standard InChI is InChI=1S/C23H24O/c1-2-3-19-24-23(20-13-7-4-8-14-20,21-15-9-5-10-16-21)22-17-11-6-12-18-22/h4-18H,2-3,19H2,1H3. The molecule has 3 aromatic carbocycles. The van der Waals surface area contributed by atoms with E-state index >= 15 is 0 Å². The predicted octanol–water partition coefficient (Wildman–Crippen LogP) is 5.80. The molecule has 0 spiro atoms. The fourth-order valence-electron chi connectivity index (χ4n) is 3.14. The maximum atomic E-state index is 6.63. The van der Waals surface area contributed by atoms with E-state index in [0.29, 0.717) is 0 Å². The lowest BCUT2D eigenvalue weighted by atomic mass is 9.80. The van der Waals surface area contributed by atoms with Gasteiger partial charge in [0, 0.05) is 6.61 Å². The first kappa shape index (κ1) is 16.5. The van der Waals surface area contributed by atoms with Gasteiger partial charge in [0.1, 0.15) is 5.60 Å². The SMILES string of the molecule is CCCCOC(c1ccccc1)(c1ccccc1)c1ccccc1. The third-order valence-electron chi connectivity index (χ3n) is 4.36. The fraction of sp³-hybridized carbons (Fsp3) is 0.217. The number of rotatable bonds is 7. The molecule has 24 heavy (non-hydrogen) atoms. The van der Waals surface area contributed by atoms with Gasteiger partial charge in [-0.2, -0.15) is 0 Å². The summed E-state index contributed by atoms with van der Waals surface area (Å²) in [7, 11) is 0. The van der Waals surface area contributed by atoms with Crippen LogP contribution in [0.2, 0.25) is 0 Å². The summed E-state index contributed by atoms with van der Waals surface area (Å²) in [4.78, 5) is 0. The number of benzene rings is 3. The van der Waals surface area contributed by atoms with Gasteiger partial charge in [-0.15, -0.1) is 0 Å². The maximum Gasteiger partial charge on any atom is 0.143 e. The minimum absolute atomic E-state index is 0.570. The molecule has 122 valence electrons. The molecule has 0 aliphatic heterocycles. The van der Waals surface area contributed by atoms with Crippen LogP contribution in [0.1, 0.15) is 36.5 Å². The molecular formula is C23H24O. The Morgan fingerprint density at radius 1 is 0.625 bits per heavy atom. The summed E-state index contributed by atoms with van der Waals surface area (Å²) >= 11 is 0. The van der Waals surface area contributed by atoms with Gasteiger partial charge in [0.25, 0.3) is 0 Å². The summed E-state index contributed by atoms with van der Waals surface area (Å²) in [5.74, 6) is 0.